The van der Waals surface area contributed by atoms with E-state index < -0.39 is 0 Å². The molecular weight excluding hydrogens is 140 g/mol. The topological polar surface area (TPSA) is 34.1 Å². The van der Waals surface area contributed by atoms with Crippen molar-refractivity contribution in [2.75, 3.05) is 0 Å². The van der Waals surface area contributed by atoms with E-state index >= 15 is 0 Å². The molecule has 0 aromatic heterocycles. The van der Waals surface area contributed by atoms with Crippen LogP contribution in [0.5, 0.6) is 0 Å². The Bertz CT molecular complexity index is 190. The van der Waals surface area contributed by atoms with E-state index in [0.29, 0.717) is 12.8 Å². The molecule has 2 heteroatoms. The molecule has 0 fully saturated rings. The molecule has 0 atom stereocenters. The maximum absolute atomic E-state index is 10.5. The van der Waals surface area contributed by atoms with Gasteiger partial charge in [0.2, 0.25) is 0 Å². The Kier molecular flexibility index (Phi) is 4.42. The van der Waals surface area contributed by atoms with Crippen LogP contribution in [0.4, 0.5) is 0 Å². The largest absolute Gasteiger partial charge is 0.300 e. The van der Waals surface area contributed by atoms with E-state index in [1.165, 1.54) is 6.92 Å². The Morgan fingerprint density at radius 2 is 1.64 bits per heavy atom. The summed E-state index contributed by atoms with van der Waals surface area (Å²) in [4.78, 5) is 21.1. The quantitative estimate of drug-likeness (QED) is 0.579. The van der Waals surface area contributed by atoms with Crippen LogP contribution in [0.1, 0.15) is 33.6 Å². The first kappa shape index (κ1) is 10.1. The molecule has 0 aliphatic rings. The van der Waals surface area contributed by atoms with Gasteiger partial charge in [0.05, 0.1) is 0 Å². The van der Waals surface area contributed by atoms with Crippen molar-refractivity contribution in [2.45, 2.75) is 33.6 Å². The Morgan fingerprint density at radius 3 is 2.00 bits per heavy atom. The molecule has 62 valence electrons. The van der Waals surface area contributed by atoms with Crippen LogP contribution in [0.2, 0.25) is 0 Å². The summed E-state index contributed by atoms with van der Waals surface area (Å²) in [5.74, 6) is 0.215. The van der Waals surface area contributed by atoms with Crippen LogP contribution in [0.25, 0.3) is 0 Å². The van der Waals surface area contributed by atoms with Gasteiger partial charge in [-0.05, 0) is 33.3 Å². The van der Waals surface area contributed by atoms with Gasteiger partial charge in [-0.1, -0.05) is 5.57 Å². The highest BCUT2D eigenvalue weighted by Gasteiger charge is 1.95. The summed E-state index contributed by atoms with van der Waals surface area (Å²) in [5, 5.41) is 0. The van der Waals surface area contributed by atoms with Gasteiger partial charge in [0.25, 0.3) is 0 Å². The van der Waals surface area contributed by atoms with Crippen LogP contribution in [0, 0.1) is 0 Å². The summed E-state index contributed by atoms with van der Waals surface area (Å²) in [7, 11) is 0. The number of carbonyl (C=O) groups is 2. The van der Waals surface area contributed by atoms with Gasteiger partial charge in [-0.25, -0.2) is 0 Å². The second-order valence-electron chi connectivity index (χ2n) is 2.80. The molecule has 11 heavy (non-hydrogen) atoms. The average Bonchev–Trinajstić information content (AvgIpc) is 1.82. The molecule has 0 rings (SSSR count). The average molecular weight is 154 g/mol. The maximum Gasteiger partial charge on any atom is 0.152 e. The van der Waals surface area contributed by atoms with Crippen molar-refractivity contribution in [2.24, 2.45) is 0 Å². The lowest BCUT2D eigenvalue weighted by atomic mass is 10.1. The summed E-state index contributed by atoms with van der Waals surface area (Å²) < 4.78 is 0. The third-order valence-corrected chi connectivity index (χ3v) is 1.32. The lowest BCUT2D eigenvalue weighted by molar-refractivity contribution is -0.117. The zero-order valence-electron chi connectivity index (χ0n) is 7.31. The van der Waals surface area contributed by atoms with E-state index in [1.54, 1.807) is 13.0 Å². The van der Waals surface area contributed by atoms with E-state index in [0.717, 1.165) is 5.57 Å². The molecule has 0 spiro atoms. The number of rotatable bonds is 4. The zero-order valence-corrected chi connectivity index (χ0v) is 7.31. The van der Waals surface area contributed by atoms with Gasteiger partial charge < -0.3 is 4.79 Å². The van der Waals surface area contributed by atoms with Crippen LogP contribution >= 0.6 is 0 Å². The van der Waals surface area contributed by atoms with Crippen molar-refractivity contribution >= 4 is 11.6 Å². The molecule has 0 aromatic rings. The normalized spacial score (nSPS) is 11.4. The number of Topliss-reactive ketones (excluding diaryl/α,β-unsaturated/α-hetero) is 1. The van der Waals surface area contributed by atoms with Gasteiger partial charge in [0, 0.05) is 6.42 Å². The second kappa shape index (κ2) is 4.83. The molecule has 0 radical (unpaired) electrons. The molecule has 0 bridgehead atoms. The van der Waals surface area contributed by atoms with Crippen LogP contribution < -0.4 is 0 Å². The summed E-state index contributed by atoms with van der Waals surface area (Å²) in [6.45, 7) is 4.93. The maximum atomic E-state index is 10.5. The van der Waals surface area contributed by atoms with Crippen LogP contribution in [-0.2, 0) is 9.59 Å². The zero-order chi connectivity index (χ0) is 8.85. The Hall–Kier alpha value is -0.920. The molecule has 0 saturated heterocycles. The molecule has 0 N–H and O–H groups in total. The van der Waals surface area contributed by atoms with Crippen LogP contribution in [-0.4, -0.2) is 11.6 Å². The minimum absolute atomic E-state index is 0.0473. The summed E-state index contributed by atoms with van der Waals surface area (Å²) in [5.41, 5.74) is 0.979. The minimum atomic E-state index is 0.0473. The number of carbonyl (C=O) groups excluding carboxylic acids is 2. The fourth-order valence-electron chi connectivity index (χ4n) is 0.792. The lowest BCUT2D eigenvalue weighted by Gasteiger charge is -1.95. The fourth-order valence-corrected chi connectivity index (χ4v) is 0.792. The van der Waals surface area contributed by atoms with Crippen LogP contribution in [0.15, 0.2) is 11.6 Å². The lowest BCUT2D eigenvalue weighted by Crippen LogP contribution is -1.91. The van der Waals surface area contributed by atoms with Crippen molar-refractivity contribution in [3.8, 4) is 0 Å². The molecule has 0 saturated carbocycles. The Morgan fingerprint density at radius 1 is 1.09 bits per heavy atom. The van der Waals surface area contributed by atoms with E-state index in [1.807, 2.05) is 6.92 Å². The van der Waals surface area contributed by atoms with E-state index in [4.69, 9.17) is 0 Å². The van der Waals surface area contributed by atoms with Crippen molar-refractivity contribution in [1.29, 1.82) is 0 Å². The fraction of sp³-hybridized carbons (Fsp3) is 0.556. The third-order valence-electron chi connectivity index (χ3n) is 1.32. The van der Waals surface area contributed by atoms with Gasteiger partial charge >= 0.3 is 0 Å². The van der Waals surface area contributed by atoms with Crippen molar-refractivity contribution < 1.29 is 9.59 Å². The van der Waals surface area contributed by atoms with E-state index in [9.17, 15) is 9.59 Å². The first-order chi connectivity index (χ1) is 5.02. The van der Waals surface area contributed by atoms with E-state index in [2.05, 4.69) is 0 Å². The van der Waals surface area contributed by atoms with Crippen LogP contribution in [0.3, 0.4) is 0 Å². The highest BCUT2D eigenvalue weighted by molar-refractivity contribution is 5.88. The Balaban J connectivity index is 3.77. The number of hydrogen-bond donors (Lipinski definition) is 0. The van der Waals surface area contributed by atoms with Gasteiger partial charge in [-0.15, -0.1) is 0 Å². The molecule has 0 aliphatic heterocycles. The summed E-state index contributed by atoms with van der Waals surface area (Å²) >= 11 is 0. The molecule has 0 aliphatic carbocycles. The predicted molar refractivity (Wildman–Crippen MR) is 44.4 cm³/mol. The van der Waals surface area contributed by atoms with E-state index in [-0.39, 0.29) is 11.6 Å². The van der Waals surface area contributed by atoms with Crippen molar-refractivity contribution in [3.63, 3.8) is 0 Å². The third kappa shape index (κ3) is 6.97. The standard InChI is InChI=1S/C9H14O2/c1-7(6-9(3)11)4-5-8(2)10/h6H,4-5H2,1-3H3/b7-6+. The first-order valence-electron chi connectivity index (χ1n) is 3.69. The summed E-state index contributed by atoms with van der Waals surface area (Å²) in [6, 6.07) is 0. The van der Waals surface area contributed by atoms with Gasteiger partial charge in [0.15, 0.2) is 5.78 Å². The highest BCUT2D eigenvalue weighted by atomic mass is 16.1. The molecule has 0 amide bonds. The number of ketones is 2. The first-order valence-corrected chi connectivity index (χ1v) is 3.69. The Labute approximate surface area is 67.3 Å². The monoisotopic (exact) mass is 154 g/mol. The molecule has 0 aromatic carbocycles. The molecule has 0 unspecified atom stereocenters. The van der Waals surface area contributed by atoms with Crippen molar-refractivity contribution in [3.05, 3.63) is 11.6 Å². The smallest absolute Gasteiger partial charge is 0.152 e. The number of allylic oxidation sites excluding steroid dienone is 2. The SMILES string of the molecule is CC(=O)/C=C(\C)CCC(C)=O. The molecular formula is C9H14O2. The highest BCUT2D eigenvalue weighted by Crippen LogP contribution is 2.03. The molecule has 2 nitrogen and oxygen atoms in total. The second-order valence-corrected chi connectivity index (χ2v) is 2.80. The number of hydrogen-bond acceptors (Lipinski definition) is 2. The molecule has 0 heterocycles. The minimum Gasteiger partial charge on any atom is -0.300 e. The van der Waals surface area contributed by atoms with Gasteiger partial charge in [-0.3, -0.25) is 4.79 Å². The van der Waals surface area contributed by atoms with Gasteiger partial charge in [-0.2, -0.15) is 0 Å². The summed E-state index contributed by atoms with van der Waals surface area (Å²) in [6.07, 6.45) is 2.81. The predicted octanol–water partition coefficient (Wildman–Crippen LogP) is 1.89. The van der Waals surface area contributed by atoms with Gasteiger partial charge in [0.1, 0.15) is 5.78 Å². The van der Waals surface area contributed by atoms with Crippen molar-refractivity contribution in [1.82, 2.24) is 0 Å².